The standard InChI is InChI=1S/C18H28BN3O3.C12H16BrN3O.C8H15BO2.C7H5BrN.C5H3Br2N.C5H10N2O.B38/c1-17(2)18(3,4)25-19(24-17)15-5-6-16(20-13-15)7-8-21-9-11-22(14-23)12-10-21;13-11-1-2-12(14-9-11)3-4-15-5-7-16(10-17)8-6-15;1-6-9-10-7(2,3)8(4,5)11-9;1-2-7-4-3-6(8)5-9-7;6-4-1-2-5(7)8-3-4;8-5-7-3-1-6-2-4-7;1-21(2)31(22(3)4)36(32(23(5)6)24(7)8)38(35(29(17)18)30(19)20)37(33(25(9)10)26(11)12)34(27(13)14)28(15)16/h5-6,13-14H,7-12H2,1-4H3;1-2,9-10H,3-8H2;6H,1H2,2-5H3;1-5H;1-3H;5-6H,1-4H2;/q;;;+1;;;. The summed E-state index contributed by atoms with van der Waals surface area (Å²) in [5, 5.41) is 3.15. The summed E-state index contributed by atoms with van der Waals surface area (Å²) in [5.41, 5.74) is 2.81. The lowest BCUT2D eigenvalue weighted by atomic mass is 8.28. The van der Waals surface area contributed by atoms with Gasteiger partial charge in [-0.25, -0.2) is 4.98 Å². The van der Waals surface area contributed by atoms with Crippen molar-refractivity contribution >= 4 is 378 Å². The van der Waals surface area contributed by atoms with Crippen LogP contribution in [-0.4, -0.2) is 462 Å². The highest BCUT2D eigenvalue weighted by molar-refractivity contribution is 9.11. The molecular formula is C55H77B40Br4N10O7+. The Morgan fingerprint density at radius 3 is 0.966 bits per heavy atom. The molecule has 0 atom stereocenters. The number of carbonyl (C=O) groups is 3. The first-order chi connectivity index (χ1) is 54.2. The molecule has 9 heterocycles. The van der Waals surface area contributed by atoms with Gasteiger partial charge < -0.3 is 38.6 Å². The lowest BCUT2D eigenvalue weighted by Gasteiger charge is -2.53. The number of pyridine rings is 4. The normalized spacial score (nSPS) is 15.9. The number of aromatic nitrogens is 4. The number of hydrogen-bond acceptors (Lipinski definition) is 14. The maximum Gasteiger partial charge on any atom is 0.496 e. The van der Waals surface area contributed by atoms with Crippen molar-refractivity contribution in [1.82, 2.24) is 49.8 Å². The molecule has 5 aliphatic rings. The van der Waals surface area contributed by atoms with Crippen molar-refractivity contribution < 1.29 is 33.0 Å². The Labute approximate surface area is 764 Å². The fourth-order valence-electron chi connectivity index (χ4n) is 13.8. The van der Waals surface area contributed by atoms with E-state index in [9.17, 15) is 14.4 Å². The second-order valence-electron chi connectivity index (χ2n) is 31.1. The fourth-order valence-corrected chi connectivity index (χ4v) is 14.7. The van der Waals surface area contributed by atoms with Gasteiger partial charge in [0.05, 0.1) is 41.2 Å². The Bertz CT molecular complexity index is 3290. The molecule has 536 valence electrons. The predicted molar refractivity (Wildman–Crippen MR) is 543 cm³/mol. The van der Waals surface area contributed by atoms with Gasteiger partial charge in [-0.1, -0.05) is 12.0 Å². The van der Waals surface area contributed by atoms with E-state index in [0.29, 0.717) is 0 Å². The summed E-state index contributed by atoms with van der Waals surface area (Å²) in [5.74, 6) is 1.68. The molecular weight excluding hydrogens is 1660 g/mol. The van der Waals surface area contributed by atoms with Crippen LogP contribution in [0.25, 0.3) is 6.08 Å². The number of carbonyl (C=O) groups excluding carboxylic acids is 3. The third kappa shape index (κ3) is 36.3. The average molecular weight is 1740 g/mol. The number of halogens is 4. The van der Waals surface area contributed by atoms with Crippen molar-refractivity contribution in [2.24, 2.45) is 0 Å². The van der Waals surface area contributed by atoms with Crippen LogP contribution < -0.4 is 10.8 Å². The number of rotatable bonds is 29. The topological polar surface area (TPSA) is 168 Å². The molecule has 0 aromatic carbocycles. The highest BCUT2D eigenvalue weighted by Gasteiger charge is 2.57. The number of nitrogens with zero attached hydrogens (tertiary/aromatic N) is 9. The minimum atomic E-state index is -1.20. The largest absolute Gasteiger partial charge is 0.496 e. The summed E-state index contributed by atoms with van der Waals surface area (Å²) in [6.07, 6.45) is -6.75. The highest BCUT2D eigenvalue weighted by Crippen LogP contribution is 2.38. The maximum absolute atomic E-state index is 10.7. The van der Waals surface area contributed by atoms with E-state index in [-0.39, 0.29) is 36.6 Å². The van der Waals surface area contributed by atoms with Crippen LogP contribution >= 0.6 is 63.7 Å². The van der Waals surface area contributed by atoms with Gasteiger partial charge in [-0.3, -0.25) is 34.2 Å². The van der Waals surface area contributed by atoms with Gasteiger partial charge in [-0.05, 0) is 156 Å². The molecule has 0 unspecified atom stereocenters. The van der Waals surface area contributed by atoms with E-state index in [1.54, 1.807) is 23.3 Å². The molecule has 5 saturated heterocycles. The predicted octanol–water partition coefficient (Wildman–Crippen LogP) is -6.86. The van der Waals surface area contributed by atoms with Crippen LogP contribution in [0.2, 0.25) is 0 Å². The molecule has 61 heteroatoms. The van der Waals surface area contributed by atoms with E-state index in [1.807, 2.05) is 86.3 Å². The minimum Gasteiger partial charge on any atom is -0.400 e. The van der Waals surface area contributed by atoms with Gasteiger partial charge in [0.2, 0.25) is 24.9 Å². The molecule has 0 aliphatic carbocycles. The van der Waals surface area contributed by atoms with Crippen LogP contribution in [0.4, 0.5) is 0 Å². The van der Waals surface area contributed by atoms with Gasteiger partial charge in [0.15, 0.2) is 6.08 Å². The molecule has 5 aliphatic heterocycles. The zero-order valence-corrected chi connectivity index (χ0v) is 74.7. The van der Waals surface area contributed by atoms with Gasteiger partial charge in [0.25, 0.3) is 0 Å². The second kappa shape index (κ2) is 53.8. The monoisotopic (exact) mass is 1750 g/mol. The Kier molecular flexibility index (Phi) is 50.5. The van der Waals surface area contributed by atoms with Gasteiger partial charge in [-0.15, -0.1) is 6.58 Å². The van der Waals surface area contributed by atoms with Crippen LogP contribution in [0.3, 0.4) is 0 Å². The molecule has 5 fully saturated rings. The molecule has 1 N–H and O–H groups in total. The molecule has 4 aromatic rings. The van der Waals surface area contributed by atoms with Crippen LogP contribution in [-0.2, 0) is 45.8 Å². The number of nitrogens with one attached hydrogen (secondary N) is 1. The van der Waals surface area contributed by atoms with Gasteiger partial charge in [0, 0.05) is 423 Å². The zero-order valence-electron chi connectivity index (χ0n) is 68.4. The summed E-state index contributed by atoms with van der Waals surface area (Å²) < 4.78 is 27.1. The Morgan fingerprint density at radius 1 is 0.414 bits per heavy atom. The summed E-state index contributed by atoms with van der Waals surface area (Å²) in [6.45, 7) is 37.9. The van der Waals surface area contributed by atoms with Gasteiger partial charge in [0.1, 0.15) is 4.60 Å². The van der Waals surface area contributed by atoms with E-state index in [1.165, 1.54) is 6.08 Å². The summed E-state index contributed by atoms with van der Waals surface area (Å²) in [6, 6.07) is 15.7. The Morgan fingerprint density at radius 2 is 0.716 bits per heavy atom. The molecule has 116 heavy (non-hydrogen) atoms. The number of piperazine rings is 3. The fraction of sp³-hybridized carbons (Fsp3) is 0.509. The first kappa shape index (κ1) is 109. The van der Waals surface area contributed by atoms with Gasteiger partial charge >= 0.3 is 14.2 Å². The summed E-state index contributed by atoms with van der Waals surface area (Å²) in [7, 11) is 123. The van der Waals surface area contributed by atoms with Crippen LogP contribution in [0.15, 0.2) is 104 Å². The average Bonchev–Trinajstić information content (AvgIpc) is 1.03. The lowest BCUT2D eigenvalue weighted by Crippen LogP contribution is -2.92. The smallest absolute Gasteiger partial charge is 0.400 e. The molecule has 17 nitrogen and oxygen atoms in total. The lowest BCUT2D eigenvalue weighted by molar-refractivity contribution is -0.120. The molecule has 0 bridgehead atoms. The van der Waals surface area contributed by atoms with Gasteiger partial charge in [-0.2, -0.15) is 4.98 Å². The molecule has 0 saturated carbocycles. The van der Waals surface area contributed by atoms with E-state index < -0.39 is 115 Å². The number of amides is 3. The van der Waals surface area contributed by atoms with Crippen molar-refractivity contribution in [3.63, 3.8) is 0 Å². The highest BCUT2D eigenvalue weighted by atomic mass is 79.9. The summed E-state index contributed by atoms with van der Waals surface area (Å²) >= 11 is 13.1. The third-order valence-corrected chi connectivity index (χ3v) is 23.5. The van der Waals surface area contributed by atoms with Crippen molar-refractivity contribution in [3.8, 4) is 0 Å². The first-order valence-electron chi connectivity index (χ1n) is 38.4. The number of hydrogen-bond donors (Lipinski definition) is 1. The minimum absolute atomic E-state index is 0.230. The SMILES string of the molecule is Brc1ccc(Br)nc1.C=CB1OC(C)(C)C(C)(C)O1.CC1(C)OB(c2ccc(CCN3CCN(C=O)CC3)nc2)OC1(C)C.O=CN1CCN(CCc2ccc(Br)cn2)CC1.O=CN1CCNCC1.[B]B([B])B(B([B])[B])B(B(B([B])[B])B([B])[B])B(B(B([B])[B])B([B])[B])B(B(B([B])[B])B([B])[B])B(B([B])[B])B([B])[B].[CH+]=Cc1ccc(Br)cn1. The molecule has 3 amide bonds. The van der Waals surface area contributed by atoms with Crippen LogP contribution in [0.5, 0.6) is 0 Å². The maximum atomic E-state index is 10.7. The second-order valence-corrected chi connectivity index (χ2v) is 34.7. The van der Waals surface area contributed by atoms with E-state index in [4.69, 9.17) is 180 Å². The van der Waals surface area contributed by atoms with Crippen molar-refractivity contribution in [3.05, 3.63) is 128 Å². The Hall–Kier alpha value is -1.36. The molecule has 9 rings (SSSR count). The van der Waals surface area contributed by atoms with Crippen LogP contribution in [0.1, 0.15) is 72.5 Å². The van der Waals surface area contributed by atoms with E-state index >= 15 is 0 Å². The van der Waals surface area contributed by atoms with Crippen molar-refractivity contribution in [2.45, 2.75) is 90.6 Å². The molecule has 40 radical (unpaired) electrons. The van der Waals surface area contributed by atoms with E-state index in [0.717, 1.165) is 164 Å². The molecule has 0 spiro atoms. The van der Waals surface area contributed by atoms with Crippen molar-refractivity contribution in [2.75, 3.05) is 91.6 Å². The zero-order chi connectivity index (χ0) is 87.8. The third-order valence-electron chi connectivity index (χ3n) is 21.6. The van der Waals surface area contributed by atoms with E-state index in [2.05, 4.69) is 145 Å². The quantitative estimate of drug-likeness (QED) is 0.0236. The summed E-state index contributed by atoms with van der Waals surface area (Å²) in [4.78, 5) is 58.4. The Balaban J connectivity index is 0.000000381. The molecule has 4 aromatic heterocycles. The van der Waals surface area contributed by atoms with Crippen LogP contribution in [0, 0.1) is 6.58 Å². The van der Waals surface area contributed by atoms with Crippen molar-refractivity contribution in [1.29, 1.82) is 0 Å². The first-order valence-corrected chi connectivity index (χ1v) is 41.6.